The molecule has 2 aliphatic rings. The van der Waals surface area contributed by atoms with Crippen LogP contribution in [-0.4, -0.2) is 44.3 Å². The number of nitrogens with zero attached hydrogens (tertiary/aromatic N) is 2. The lowest BCUT2D eigenvalue weighted by molar-refractivity contribution is -0.135. The zero-order chi connectivity index (χ0) is 23.2. The maximum atomic E-state index is 11.9. The molecule has 4 rings (SSSR count). The fraction of sp³-hybridized carbons (Fsp3) is 0.182. The first-order valence-electron chi connectivity index (χ1n) is 9.65. The number of thioether (sulfide) groups is 1. The van der Waals surface area contributed by atoms with Gasteiger partial charge in [0.15, 0.2) is 16.7 Å². The van der Waals surface area contributed by atoms with Crippen molar-refractivity contribution in [2.75, 3.05) is 21.0 Å². The maximum absolute atomic E-state index is 11.9. The number of methoxy groups -OCH3 is 2. The van der Waals surface area contributed by atoms with Crippen molar-refractivity contribution in [3.8, 4) is 23.0 Å². The van der Waals surface area contributed by atoms with E-state index < -0.39 is 11.9 Å². The van der Waals surface area contributed by atoms with Gasteiger partial charge in [0.05, 0.1) is 25.3 Å². The fourth-order valence-electron chi connectivity index (χ4n) is 2.91. The van der Waals surface area contributed by atoms with Gasteiger partial charge in [0.1, 0.15) is 18.1 Å². The van der Waals surface area contributed by atoms with E-state index in [0.29, 0.717) is 23.0 Å². The Labute approximate surface area is 193 Å². The summed E-state index contributed by atoms with van der Waals surface area (Å²) in [6.45, 7) is 0.454. The number of hydrogen-bond donors (Lipinski definition) is 1. The molecular formula is C22H19N3O7S. The number of amidine groups is 1. The topological polar surface area (TPSA) is 117 Å². The van der Waals surface area contributed by atoms with E-state index in [1.54, 1.807) is 31.4 Å². The van der Waals surface area contributed by atoms with E-state index in [0.717, 1.165) is 29.0 Å². The molecule has 10 nitrogen and oxygen atoms in total. The number of fused-ring (bicyclic) bond motifs is 1. The van der Waals surface area contributed by atoms with Crippen molar-refractivity contribution >= 4 is 35.0 Å². The first-order valence-corrected chi connectivity index (χ1v) is 10.5. The van der Waals surface area contributed by atoms with Crippen LogP contribution < -0.4 is 24.3 Å². The largest absolute Gasteiger partial charge is 0.496 e. The Kier molecular flexibility index (Phi) is 6.79. The highest BCUT2D eigenvalue weighted by atomic mass is 32.2. The molecule has 0 unspecified atom stereocenters. The maximum Gasteiger partial charge on any atom is 0.331 e. The van der Waals surface area contributed by atoms with Gasteiger partial charge in [-0.05, 0) is 47.7 Å². The standard InChI is InChI=1S/C22H19N3O7S/c1-28-16-5-3-13(10-23-25-22-24-21(27)19(33-22)9-20(26)29-2)7-14(16)11-30-15-4-6-17-18(8-15)32-12-31-17/h3-10H,11-12H2,1-2H3,(H,24,25,27)/b19-9+,23-10?. The van der Waals surface area contributed by atoms with Crippen LogP contribution in [0, 0.1) is 0 Å². The highest BCUT2D eigenvalue weighted by molar-refractivity contribution is 8.18. The Morgan fingerprint density at radius 2 is 2.03 bits per heavy atom. The number of rotatable bonds is 7. The van der Waals surface area contributed by atoms with Gasteiger partial charge in [-0.2, -0.15) is 5.10 Å². The molecule has 2 aliphatic heterocycles. The Bertz CT molecular complexity index is 1180. The molecule has 0 spiro atoms. The highest BCUT2D eigenvalue weighted by Crippen LogP contribution is 2.35. The summed E-state index contributed by atoms with van der Waals surface area (Å²) in [4.78, 5) is 23.3. The van der Waals surface area contributed by atoms with E-state index in [1.807, 2.05) is 12.1 Å². The van der Waals surface area contributed by atoms with Crippen molar-refractivity contribution in [3.63, 3.8) is 0 Å². The third-order valence-corrected chi connectivity index (χ3v) is 5.40. The van der Waals surface area contributed by atoms with E-state index >= 15 is 0 Å². The van der Waals surface area contributed by atoms with Gasteiger partial charge >= 0.3 is 5.97 Å². The van der Waals surface area contributed by atoms with Crippen LogP contribution >= 0.6 is 11.8 Å². The van der Waals surface area contributed by atoms with Crippen molar-refractivity contribution < 1.29 is 33.3 Å². The molecule has 1 amide bonds. The molecule has 11 heteroatoms. The lowest BCUT2D eigenvalue weighted by atomic mass is 10.1. The van der Waals surface area contributed by atoms with E-state index in [2.05, 4.69) is 20.3 Å². The van der Waals surface area contributed by atoms with Crippen molar-refractivity contribution in [2.45, 2.75) is 6.61 Å². The number of esters is 1. The molecule has 1 saturated heterocycles. The molecule has 2 aromatic carbocycles. The van der Waals surface area contributed by atoms with E-state index in [1.165, 1.54) is 13.3 Å². The molecule has 0 radical (unpaired) electrons. The van der Waals surface area contributed by atoms with Gasteiger partial charge in [0, 0.05) is 17.7 Å². The zero-order valence-corrected chi connectivity index (χ0v) is 18.5. The van der Waals surface area contributed by atoms with E-state index in [9.17, 15) is 9.59 Å². The Morgan fingerprint density at radius 3 is 2.85 bits per heavy atom. The van der Waals surface area contributed by atoms with Crippen LogP contribution in [-0.2, 0) is 20.9 Å². The van der Waals surface area contributed by atoms with Gasteiger partial charge in [0.2, 0.25) is 6.79 Å². The summed E-state index contributed by atoms with van der Waals surface area (Å²) in [6.07, 6.45) is 2.63. The fourth-order valence-corrected chi connectivity index (χ4v) is 3.65. The molecule has 2 aromatic rings. The zero-order valence-electron chi connectivity index (χ0n) is 17.7. The number of amides is 1. The van der Waals surface area contributed by atoms with Gasteiger partial charge in [0.25, 0.3) is 5.91 Å². The minimum Gasteiger partial charge on any atom is -0.496 e. The number of hydrogen-bond acceptors (Lipinski definition) is 10. The average molecular weight is 469 g/mol. The van der Waals surface area contributed by atoms with Crippen molar-refractivity contribution in [1.82, 2.24) is 5.32 Å². The summed E-state index contributed by atoms with van der Waals surface area (Å²) in [6, 6.07) is 10.8. The number of carbonyl (C=O) groups is 2. The van der Waals surface area contributed by atoms with Gasteiger partial charge in [-0.25, -0.2) is 4.79 Å². The second-order valence-electron chi connectivity index (χ2n) is 6.61. The SMILES string of the molecule is COC(=O)/C=C1/S/C(=N\N=Cc2ccc(OC)c(COc3ccc4c(c3)OCO4)c2)NC1=O. The Balaban J connectivity index is 1.43. The van der Waals surface area contributed by atoms with Crippen molar-refractivity contribution in [2.24, 2.45) is 10.2 Å². The second kappa shape index (κ2) is 10.1. The summed E-state index contributed by atoms with van der Waals surface area (Å²) in [5.41, 5.74) is 1.56. The van der Waals surface area contributed by atoms with Crippen molar-refractivity contribution in [3.05, 3.63) is 58.5 Å². The second-order valence-corrected chi connectivity index (χ2v) is 7.64. The molecular weight excluding hydrogens is 450 g/mol. The summed E-state index contributed by atoms with van der Waals surface area (Å²) in [5.74, 6) is 1.56. The van der Waals surface area contributed by atoms with Gasteiger partial charge in [-0.15, -0.1) is 5.10 Å². The van der Waals surface area contributed by atoms with E-state index in [4.69, 9.17) is 18.9 Å². The molecule has 170 valence electrons. The monoisotopic (exact) mass is 469 g/mol. The predicted octanol–water partition coefficient (Wildman–Crippen LogP) is 2.61. The summed E-state index contributed by atoms with van der Waals surface area (Å²) >= 11 is 0.998. The number of nitrogens with one attached hydrogen (secondary N) is 1. The quantitative estimate of drug-likeness (QED) is 0.285. The number of ether oxygens (including phenoxy) is 5. The minimum atomic E-state index is -0.619. The average Bonchev–Trinajstić information content (AvgIpc) is 3.43. The molecule has 0 aromatic heterocycles. The van der Waals surface area contributed by atoms with Crippen molar-refractivity contribution in [1.29, 1.82) is 0 Å². The molecule has 1 fully saturated rings. The molecule has 2 heterocycles. The smallest absolute Gasteiger partial charge is 0.331 e. The molecule has 1 N–H and O–H groups in total. The number of carbonyl (C=O) groups excluding carboxylic acids is 2. The Hall–Kier alpha value is -3.99. The molecule has 0 aliphatic carbocycles. The molecule has 0 atom stereocenters. The summed E-state index contributed by atoms with van der Waals surface area (Å²) in [5, 5.41) is 10.8. The Morgan fingerprint density at radius 1 is 1.18 bits per heavy atom. The predicted molar refractivity (Wildman–Crippen MR) is 121 cm³/mol. The van der Waals surface area contributed by atoms with Gasteiger partial charge in [-0.3, -0.25) is 10.1 Å². The molecule has 0 bridgehead atoms. The third-order valence-electron chi connectivity index (χ3n) is 4.50. The highest BCUT2D eigenvalue weighted by Gasteiger charge is 2.25. The van der Waals surface area contributed by atoms with Gasteiger partial charge in [-0.1, -0.05) is 0 Å². The van der Waals surface area contributed by atoms with E-state index in [-0.39, 0.29) is 23.5 Å². The van der Waals surface area contributed by atoms with Crippen LogP contribution in [0.3, 0.4) is 0 Å². The van der Waals surface area contributed by atoms with Crippen LogP contribution in [0.4, 0.5) is 0 Å². The summed E-state index contributed by atoms with van der Waals surface area (Å²) < 4.78 is 26.5. The van der Waals surface area contributed by atoms with Crippen LogP contribution in [0.1, 0.15) is 11.1 Å². The number of benzene rings is 2. The minimum absolute atomic E-state index is 0.184. The lowest BCUT2D eigenvalue weighted by Crippen LogP contribution is -2.19. The first-order chi connectivity index (χ1) is 16.1. The molecule has 33 heavy (non-hydrogen) atoms. The normalized spacial score (nSPS) is 17.0. The van der Waals surface area contributed by atoms with Crippen LogP contribution in [0.25, 0.3) is 0 Å². The van der Waals surface area contributed by atoms with Gasteiger partial charge < -0.3 is 23.7 Å². The van der Waals surface area contributed by atoms with Crippen LogP contribution in [0.15, 0.2) is 57.6 Å². The van der Waals surface area contributed by atoms with Crippen LogP contribution in [0.5, 0.6) is 23.0 Å². The molecule has 0 saturated carbocycles. The third kappa shape index (κ3) is 5.44. The first kappa shape index (κ1) is 22.2. The van der Waals surface area contributed by atoms with Crippen LogP contribution in [0.2, 0.25) is 0 Å². The summed E-state index contributed by atoms with van der Waals surface area (Å²) in [7, 11) is 2.82. The lowest BCUT2D eigenvalue weighted by Gasteiger charge is -2.11.